The molecule has 4 heteroatoms. The minimum absolute atomic E-state index is 0.654. The van der Waals surface area contributed by atoms with E-state index < -0.39 is 11.4 Å². The van der Waals surface area contributed by atoms with Crippen molar-refractivity contribution in [1.29, 1.82) is 0 Å². The number of aliphatic carboxylic acids is 1. The van der Waals surface area contributed by atoms with Crippen LogP contribution in [0.1, 0.15) is 31.2 Å². The van der Waals surface area contributed by atoms with Crippen molar-refractivity contribution in [3.63, 3.8) is 0 Å². The van der Waals surface area contributed by atoms with E-state index in [1.54, 1.807) is 0 Å². The van der Waals surface area contributed by atoms with E-state index in [2.05, 4.69) is 15.9 Å². The van der Waals surface area contributed by atoms with Gasteiger partial charge in [-0.1, -0.05) is 6.07 Å². The number of carbonyl (C=O) groups is 1. The molecule has 96 valence electrons. The fourth-order valence-corrected chi connectivity index (χ4v) is 2.52. The summed E-state index contributed by atoms with van der Waals surface area (Å²) < 4.78 is 6.66. The maximum atomic E-state index is 11.3. The number of rotatable bonds is 5. The Balaban J connectivity index is 1.83. The Labute approximate surface area is 114 Å². The van der Waals surface area contributed by atoms with Gasteiger partial charge in [0, 0.05) is 0 Å². The predicted octanol–water partition coefficient (Wildman–Crippen LogP) is 3.35. The molecule has 0 atom stereocenters. The van der Waals surface area contributed by atoms with Crippen molar-refractivity contribution in [2.24, 2.45) is 5.92 Å². The molecule has 18 heavy (non-hydrogen) atoms. The lowest BCUT2D eigenvalue weighted by Gasteiger charge is -2.14. The third-order valence-electron chi connectivity index (χ3n) is 3.81. The van der Waals surface area contributed by atoms with E-state index in [0.29, 0.717) is 5.92 Å². The molecule has 2 aliphatic carbocycles. The van der Waals surface area contributed by atoms with E-state index in [1.165, 1.54) is 12.8 Å². The summed E-state index contributed by atoms with van der Waals surface area (Å²) in [6.07, 6.45) is 3.95. The second-order valence-electron chi connectivity index (χ2n) is 5.29. The summed E-state index contributed by atoms with van der Waals surface area (Å²) in [6, 6.07) is 5.66. The van der Waals surface area contributed by atoms with Gasteiger partial charge in [-0.3, -0.25) is 4.79 Å². The highest BCUT2D eigenvalue weighted by molar-refractivity contribution is 9.10. The van der Waals surface area contributed by atoms with E-state index in [1.807, 2.05) is 18.2 Å². The standard InChI is InChI=1S/C14H15BrO3/c15-11-4-3-10(14(5-6-14)13(16)17)7-12(11)18-8-9-1-2-9/h3-4,7,9H,1-2,5-6,8H2,(H,16,17). The molecule has 0 aliphatic heterocycles. The topological polar surface area (TPSA) is 46.5 Å². The lowest BCUT2D eigenvalue weighted by atomic mass is 9.96. The Hall–Kier alpha value is -1.03. The van der Waals surface area contributed by atoms with Crippen LogP contribution < -0.4 is 4.74 Å². The highest BCUT2D eigenvalue weighted by atomic mass is 79.9. The zero-order valence-corrected chi connectivity index (χ0v) is 11.6. The number of carboxylic acid groups (broad SMARTS) is 1. The van der Waals surface area contributed by atoms with Gasteiger partial charge in [0.25, 0.3) is 0 Å². The van der Waals surface area contributed by atoms with Gasteiger partial charge in [0.05, 0.1) is 16.5 Å². The number of hydrogen-bond acceptors (Lipinski definition) is 2. The number of benzene rings is 1. The van der Waals surface area contributed by atoms with Gasteiger partial charge >= 0.3 is 5.97 Å². The van der Waals surface area contributed by atoms with Crippen LogP contribution in [0.4, 0.5) is 0 Å². The maximum Gasteiger partial charge on any atom is 0.314 e. The summed E-state index contributed by atoms with van der Waals surface area (Å²) >= 11 is 3.45. The van der Waals surface area contributed by atoms with E-state index in [0.717, 1.165) is 35.2 Å². The maximum absolute atomic E-state index is 11.3. The van der Waals surface area contributed by atoms with Crippen molar-refractivity contribution >= 4 is 21.9 Å². The van der Waals surface area contributed by atoms with Crippen LogP contribution in [0.3, 0.4) is 0 Å². The average Bonchev–Trinajstić information content (AvgIpc) is 3.22. The molecule has 0 amide bonds. The lowest BCUT2D eigenvalue weighted by Crippen LogP contribution is -2.19. The molecule has 2 saturated carbocycles. The van der Waals surface area contributed by atoms with Crippen molar-refractivity contribution in [2.45, 2.75) is 31.1 Å². The Morgan fingerprint density at radius 2 is 2.17 bits per heavy atom. The number of ether oxygens (including phenoxy) is 1. The van der Waals surface area contributed by atoms with Gasteiger partial charge in [-0.15, -0.1) is 0 Å². The molecule has 0 spiro atoms. The van der Waals surface area contributed by atoms with E-state index >= 15 is 0 Å². The van der Waals surface area contributed by atoms with Crippen molar-refractivity contribution in [3.05, 3.63) is 28.2 Å². The summed E-state index contributed by atoms with van der Waals surface area (Å²) in [7, 11) is 0. The first kappa shape index (κ1) is 12.0. The van der Waals surface area contributed by atoms with Crippen LogP contribution in [-0.2, 0) is 10.2 Å². The van der Waals surface area contributed by atoms with E-state index in [9.17, 15) is 9.90 Å². The van der Waals surface area contributed by atoms with Crippen LogP contribution in [0.25, 0.3) is 0 Å². The van der Waals surface area contributed by atoms with Gasteiger partial charge < -0.3 is 9.84 Å². The number of carboxylic acids is 1. The zero-order chi connectivity index (χ0) is 12.8. The third-order valence-corrected chi connectivity index (χ3v) is 4.47. The Morgan fingerprint density at radius 3 is 2.72 bits per heavy atom. The molecule has 3 nitrogen and oxygen atoms in total. The Kier molecular flexibility index (Phi) is 2.85. The third kappa shape index (κ3) is 2.14. The van der Waals surface area contributed by atoms with E-state index in [4.69, 9.17) is 4.74 Å². The van der Waals surface area contributed by atoms with Crippen molar-refractivity contribution in [3.8, 4) is 5.75 Å². The summed E-state index contributed by atoms with van der Waals surface area (Å²) in [4.78, 5) is 11.3. The van der Waals surface area contributed by atoms with Crippen molar-refractivity contribution < 1.29 is 14.6 Å². The van der Waals surface area contributed by atoms with Crippen LogP contribution in [0.5, 0.6) is 5.75 Å². The molecular formula is C14H15BrO3. The summed E-state index contributed by atoms with van der Waals surface area (Å²) in [5.74, 6) is 0.736. The molecular weight excluding hydrogens is 296 g/mol. The summed E-state index contributed by atoms with van der Waals surface area (Å²) in [5.41, 5.74) is 0.210. The highest BCUT2D eigenvalue weighted by Gasteiger charge is 2.51. The molecule has 0 saturated heterocycles. The molecule has 0 aromatic heterocycles. The van der Waals surface area contributed by atoms with Crippen molar-refractivity contribution in [2.75, 3.05) is 6.61 Å². The molecule has 0 bridgehead atoms. The first-order chi connectivity index (χ1) is 8.62. The number of halogens is 1. The fourth-order valence-electron chi connectivity index (χ4n) is 2.15. The second kappa shape index (κ2) is 4.26. The SMILES string of the molecule is O=C(O)C1(c2ccc(Br)c(OCC3CC3)c2)CC1. The molecule has 1 N–H and O–H groups in total. The van der Waals surface area contributed by atoms with Crippen LogP contribution >= 0.6 is 15.9 Å². The largest absolute Gasteiger partial charge is 0.492 e. The van der Waals surface area contributed by atoms with Crippen LogP contribution in [0.15, 0.2) is 22.7 Å². The van der Waals surface area contributed by atoms with Crippen molar-refractivity contribution in [1.82, 2.24) is 0 Å². The van der Waals surface area contributed by atoms with Gasteiger partial charge in [-0.25, -0.2) is 0 Å². The minimum atomic E-state index is -0.724. The first-order valence-corrected chi connectivity index (χ1v) is 7.07. The normalized spacial score (nSPS) is 20.5. The Bertz CT molecular complexity index is 490. The Morgan fingerprint density at radius 1 is 1.44 bits per heavy atom. The minimum Gasteiger partial charge on any atom is -0.492 e. The molecule has 2 aliphatic rings. The van der Waals surface area contributed by atoms with Crippen LogP contribution in [-0.4, -0.2) is 17.7 Å². The molecule has 1 aromatic rings. The molecule has 0 radical (unpaired) electrons. The molecule has 3 rings (SSSR count). The summed E-state index contributed by atoms with van der Waals surface area (Å²) in [5, 5.41) is 9.29. The van der Waals surface area contributed by atoms with Gasteiger partial charge in [-0.05, 0) is 65.2 Å². The van der Waals surface area contributed by atoms with E-state index in [-0.39, 0.29) is 0 Å². The lowest BCUT2D eigenvalue weighted by molar-refractivity contribution is -0.140. The fraction of sp³-hybridized carbons (Fsp3) is 0.500. The smallest absolute Gasteiger partial charge is 0.314 e. The van der Waals surface area contributed by atoms with Crippen LogP contribution in [0, 0.1) is 5.92 Å². The zero-order valence-electron chi connectivity index (χ0n) is 9.99. The quantitative estimate of drug-likeness (QED) is 0.907. The molecule has 2 fully saturated rings. The molecule has 0 heterocycles. The number of hydrogen-bond donors (Lipinski definition) is 1. The van der Waals surface area contributed by atoms with Gasteiger partial charge in [0.2, 0.25) is 0 Å². The predicted molar refractivity (Wildman–Crippen MR) is 70.9 cm³/mol. The molecule has 0 unspecified atom stereocenters. The monoisotopic (exact) mass is 310 g/mol. The highest BCUT2D eigenvalue weighted by Crippen LogP contribution is 2.49. The second-order valence-corrected chi connectivity index (χ2v) is 6.14. The van der Waals surface area contributed by atoms with Gasteiger partial charge in [0.15, 0.2) is 0 Å². The molecule has 1 aromatic carbocycles. The van der Waals surface area contributed by atoms with Crippen LogP contribution in [0.2, 0.25) is 0 Å². The average molecular weight is 311 g/mol. The van der Waals surface area contributed by atoms with Gasteiger partial charge in [-0.2, -0.15) is 0 Å². The summed E-state index contributed by atoms with van der Waals surface area (Å²) in [6.45, 7) is 0.738. The van der Waals surface area contributed by atoms with Gasteiger partial charge in [0.1, 0.15) is 5.75 Å². The first-order valence-electron chi connectivity index (χ1n) is 6.28.